The maximum Gasteiger partial charge on any atom is 0.239 e. The third kappa shape index (κ3) is 2.99. The van der Waals surface area contributed by atoms with Gasteiger partial charge in [0.25, 0.3) is 0 Å². The van der Waals surface area contributed by atoms with Crippen molar-refractivity contribution in [2.24, 2.45) is 0 Å². The highest BCUT2D eigenvalue weighted by Gasteiger charge is 2.29. The van der Waals surface area contributed by atoms with Crippen LogP contribution < -0.4 is 5.32 Å². The Morgan fingerprint density at radius 1 is 1.40 bits per heavy atom. The zero-order valence-electron chi connectivity index (χ0n) is 11.8. The van der Waals surface area contributed by atoms with Crippen molar-refractivity contribution in [3.63, 3.8) is 0 Å². The molecule has 1 amide bonds. The van der Waals surface area contributed by atoms with Gasteiger partial charge in [-0.2, -0.15) is 4.98 Å². The topological polar surface area (TPSA) is 74.5 Å². The number of nitrogens with one attached hydrogen (secondary N) is 1. The summed E-state index contributed by atoms with van der Waals surface area (Å²) >= 11 is 0. The van der Waals surface area contributed by atoms with Gasteiger partial charge in [0.1, 0.15) is 0 Å². The van der Waals surface area contributed by atoms with E-state index in [9.17, 15) is 4.79 Å². The molecule has 0 radical (unpaired) electrons. The van der Waals surface area contributed by atoms with Gasteiger partial charge in [0, 0.05) is 33.1 Å². The molecule has 7 heteroatoms. The van der Waals surface area contributed by atoms with E-state index in [4.69, 9.17) is 4.52 Å². The minimum atomic E-state index is 0.0430. The molecule has 7 nitrogen and oxygen atoms in total. The minimum absolute atomic E-state index is 0.0430. The fraction of sp³-hybridized carbons (Fsp3) is 0.769. The van der Waals surface area contributed by atoms with E-state index in [1.165, 1.54) is 0 Å². The van der Waals surface area contributed by atoms with Crippen LogP contribution in [-0.2, 0) is 11.3 Å². The van der Waals surface area contributed by atoms with Crippen LogP contribution in [0.3, 0.4) is 0 Å². The second-order valence-corrected chi connectivity index (χ2v) is 5.48. The number of hydrogen-bond acceptors (Lipinski definition) is 6. The van der Waals surface area contributed by atoms with Crippen molar-refractivity contribution in [1.82, 2.24) is 25.3 Å². The molecule has 2 aliphatic rings. The Balaban J connectivity index is 1.48. The average Bonchev–Trinajstić information content (AvgIpc) is 3.11. The number of carbonyl (C=O) groups is 1. The quantitative estimate of drug-likeness (QED) is 0.824. The second kappa shape index (κ2) is 5.88. The van der Waals surface area contributed by atoms with E-state index in [0.717, 1.165) is 51.4 Å². The van der Waals surface area contributed by atoms with Crippen LogP contribution in [0.15, 0.2) is 4.52 Å². The van der Waals surface area contributed by atoms with E-state index < -0.39 is 0 Å². The summed E-state index contributed by atoms with van der Waals surface area (Å²) in [5, 5.41) is 7.18. The molecule has 1 N–H and O–H groups in total. The lowest BCUT2D eigenvalue weighted by Crippen LogP contribution is -2.52. The third-order valence-corrected chi connectivity index (χ3v) is 3.98. The van der Waals surface area contributed by atoms with Crippen molar-refractivity contribution in [2.75, 3.05) is 32.7 Å². The summed E-state index contributed by atoms with van der Waals surface area (Å²) < 4.78 is 4.97. The van der Waals surface area contributed by atoms with Gasteiger partial charge in [-0.3, -0.25) is 9.69 Å². The fourth-order valence-corrected chi connectivity index (χ4v) is 2.85. The first-order valence-electron chi connectivity index (χ1n) is 7.26. The van der Waals surface area contributed by atoms with Gasteiger partial charge in [-0.05, 0) is 19.4 Å². The lowest BCUT2D eigenvalue weighted by atomic mass is 10.2. The first-order valence-corrected chi connectivity index (χ1v) is 7.26. The van der Waals surface area contributed by atoms with Crippen LogP contribution in [0, 0.1) is 6.92 Å². The van der Waals surface area contributed by atoms with Gasteiger partial charge in [-0.25, -0.2) is 0 Å². The van der Waals surface area contributed by atoms with E-state index in [1.54, 1.807) is 6.92 Å². The predicted octanol–water partition coefficient (Wildman–Crippen LogP) is -0.226. The predicted molar refractivity (Wildman–Crippen MR) is 71.9 cm³/mol. The summed E-state index contributed by atoms with van der Waals surface area (Å²) in [7, 11) is 0. The molecule has 2 aliphatic heterocycles. The van der Waals surface area contributed by atoms with E-state index in [-0.39, 0.29) is 11.9 Å². The minimum Gasteiger partial charge on any atom is -0.340 e. The molecule has 0 saturated carbocycles. The highest BCUT2D eigenvalue weighted by atomic mass is 16.5. The number of rotatable bonds is 3. The normalized spacial score (nSPS) is 24.2. The Morgan fingerprint density at radius 3 is 2.80 bits per heavy atom. The third-order valence-electron chi connectivity index (χ3n) is 3.98. The van der Waals surface area contributed by atoms with E-state index in [1.807, 2.05) is 4.90 Å². The molecule has 0 spiro atoms. The molecule has 2 saturated heterocycles. The number of aryl methyl sites for hydroxylation is 1. The van der Waals surface area contributed by atoms with Crippen LogP contribution in [0.25, 0.3) is 0 Å². The van der Waals surface area contributed by atoms with Crippen LogP contribution in [0.5, 0.6) is 0 Å². The van der Waals surface area contributed by atoms with Gasteiger partial charge >= 0.3 is 0 Å². The van der Waals surface area contributed by atoms with Crippen molar-refractivity contribution in [2.45, 2.75) is 32.4 Å². The molecule has 0 aromatic carbocycles. The van der Waals surface area contributed by atoms with Crippen LogP contribution in [-0.4, -0.2) is 64.6 Å². The van der Waals surface area contributed by atoms with Crippen molar-refractivity contribution in [3.8, 4) is 0 Å². The number of hydrogen-bond donors (Lipinski definition) is 1. The summed E-state index contributed by atoms with van der Waals surface area (Å²) in [6.45, 7) is 6.76. The van der Waals surface area contributed by atoms with Crippen molar-refractivity contribution < 1.29 is 9.32 Å². The number of aromatic nitrogens is 2. The van der Waals surface area contributed by atoms with Crippen LogP contribution in [0.4, 0.5) is 0 Å². The lowest BCUT2D eigenvalue weighted by molar-refractivity contribution is -0.134. The molecule has 2 fully saturated rings. The Kier molecular flexibility index (Phi) is 3.98. The molecule has 3 heterocycles. The molecule has 110 valence electrons. The molecule has 0 aliphatic carbocycles. The molecule has 1 atom stereocenters. The van der Waals surface area contributed by atoms with Crippen LogP contribution >= 0.6 is 0 Å². The second-order valence-electron chi connectivity index (χ2n) is 5.48. The maximum absolute atomic E-state index is 12.3. The standard InChI is InChI=1S/C13H21N5O2/c1-10-15-12(16-20-10)9-17-5-7-18(8-6-17)13(19)11-3-2-4-14-11/h11,14H,2-9H2,1H3. The number of carbonyl (C=O) groups excluding carboxylic acids is 1. The maximum atomic E-state index is 12.3. The summed E-state index contributed by atoms with van der Waals surface area (Å²) in [6.07, 6.45) is 2.08. The van der Waals surface area contributed by atoms with Gasteiger partial charge in [-0.15, -0.1) is 0 Å². The SMILES string of the molecule is Cc1nc(CN2CCN(C(=O)C3CCCN3)CC2)no1. The van der Waals surface area contributed by atoms with Crippen molar-refractivity contribution in [1.29, 1.82) is 0 Å². The van der Waals surface area contributed by atoms with E-state index in [2.05, 4.69) is 20.4 Å². The van der Waals surface area contributed by atoms with Gasteiger partial charge in [0.15, 0.2) is 5.82 Å². The summed E-state index contributed by atoms with van der Waals surface area (Å²) in [5.41, 5.74) is 0. The monoisotopic (exact) mass is 279 g/mol. The van der Waals surface area contributed by atoms with Crippen molar-refractivity contribution in [3.05, 3.63) is 11.7 Å². The Hall–Kier alpha value is -1.47. The molecular formula is C13H21N5O2. The molecule has 1 unspecified atom stereocenters. The van der Waals surface area contributed by atoms with E-state index >= 15 is 0 Å². The molecule has 1 aromatic rings. The highest BCUT2D eigenvalue weighted by molar-refractivity contribution is 5.82. The fourth-order valence-electron chi connectivity index (χ4n) is 2.85. The zero-order chi connectivity index (χ0) is 13.9. The first-order chi connectivity index (χ1) is 9.72. The van der Waals surface area contributed by atoms with Crippen LogP contribution in [0.1, 0.15) is 24.6 Å². The molecule has 20 heavy (non-hydrogen) atoms. The largest absolute Gasteiger partial charge is 0.340 e. The average molecular weight is 279 g/mol. The summed E-state index contributed by atoms with van der Waals surface area (Å²) in [5.74, 6) is 1.58. The highest BCUT2D eigenvalue weighted by Crippen LogP contribution is 2.12. The smallest absolute Gasteiger partial charge is 0.239 e. The Morgan fingerprint density at radius 2 is 2.20 bits per heavy atom. The van der Waals surface area contributed by atoms with Gasteiger partial charge in [-0.1, -0.05) is 5.16 Å². The summed E-state index contributed by atoms with van der Waals surface area (Å²) in [6, 6.07) is 0.0430. The van der Waals surface area contributed by atoms with Gasteiger partial charge in [0.05, 0.1) is 12.6 Å². The molecule has 1 aromatic heterocycles. The number of nitrogens with zero attached hydrogens (tertiary/aromatic N) is 4. The van der Waals surface area contributed by atoms with Crippen molar-refractivity contribution >= 4 is 5.91 Å². The lowest BCUT2D eigenvalue weighted by Gasteiger charge is -2.35. The Labute approximate surface area is 118 Å². The Bertz CT molecular complexity index is 461. The van der Waals surface area contributed by atoms with Crippen LogP contribution in [0.2, 0.25) is 0 Å². The number of amides is 1. The first kappa shape index (κ1) is 13.5. The molecule has 3 rings (SSSR count). The van der Waals surface area contributed by atoms with Gasteiger partial charge in [0.2, 0.25) is 11.8 Å². The summed E-state index contributed by atoms with van der Waals surface area (Å²) in [4.78, 5) is 20.7. The number of piperazine rings is 1. The van der Waals surface area contributed by atoms with E-state index in [0.29, 0.717) is 12.4 Å². The zero-order valence-corrected chi connectivity index (χ0v) is 11.8. The molecule has 0 bridgehead atoms. The molecular weight excluding hydrogens is 258 g/mol. The van der Waals surface area contributed by atoms with Gasteiger partial charge < -0.3 is 14.7 Å².